The van der Waals surface area contributed by atoms with E-state index in [-0.39, 0.29) is 5.91 Å². The van der Waals surface area contributed by atoms with E-state index in [0.717, 1.165) is 16.7 Å². The summed E-state index contributed by atoms with van der Waals surface area (Å²) in [4.78, 5) is 11.4. The lowest BCUT2D eigenvalue weighted by Gasteiger charge is -2.07. The average Bonchev–Trinajstić information content (AvgIpc) is 2.10. The van der Waals surface area contributed by atoms with Gasteiger partial charge in [-0.25, -0.2) is 0 Å². The molecule has 0 aliphatic carbocycles. The van der Waals surface area contributed by atoms with Crippen LogP contribution in [0, 0.1) is 20.8 Å². The number of hydrogen-bond acceptors (Lipinski definition) is 1. The van der Waals surface area contributed by atoms with Gasteiger partial charge in [0.05, 0.1) is 0 Å². The van der Waals surface area contributed by atoms with Crippen molar-refractivity contribution in [2.75, 3.05) is 7.05 Å². The van der Waals surface area contributed by atoms with Crippen molar-refractivity contribution in [3.8, 4) is 0 Å². The van der Waals surface area contributed by atoms with Gasteiger partial charge in [0.2, 0.25) is 0 Å². The summed E-state index contributed by atoms with van der Waals surface area (Å²) in [5, 5.41) is 2.63. The zero-order chi connectivity index (χ0) is 10.0. The van der Waals surface area contributed by atoms with Gasteiger partial charge in [-0.15, -0.1) is 0 Å². The highest BCUT2D eigenvalue weighted by Crippen LogP contribution is 2.14. The Morgan fingerprint density at radius 3 is 2.15 bits per heavy atom. The van der Waals surface area contributed by atoms with Crippen LogP contribution in [0.2, 0.25) is 0 Å². The molecule has 2 nitrogen and oxygen atoms in total. The van der Waals surface area contributed by atoms with E-state index >= 15 is 0 Å². The van der Waals surface area contributed by atoms with E-state index in [9.17, 15) is 4.79 Å². The van der Waals surface area contributed by atoms with Crippen LogP contribution in [0.4, 0.5) is 0 Å². The van der Waals surface area contributed by atoms with Crippen molar-refractivity contribution in [2.45, 2.75) is 20.8 Å². The maximum atomic E-state index is 11.4. The summed E-state index contributed by atoms with van der Waals surface area (Å²) in [7, 11) is 1.65. The smallest absolute Gasteiger partial charge is 0.251 e. The monoisotopic (exact) mass is 177 g/mol. The third kappa shape index (κ3) is 1.89. The van der Waals surface area contributed by atoms with E-state index < -0.39 is 0 Å². The summed E-state index contributed by atoms with van der Waals surface area (Å²) < 4.78 is 0. The number of nitrogens with one attached hydrogen (secondary N) is 1. The molecule has 1 aromatic carbocycles. The Bertz CT molecular complexity index is 342. The summed E-state index contributed by atoms with van der Waals surface area (Å²) in [6, 6.07) is 3.98. The second-order valence-electron chi connectivity index (χ2n) is 3.33. The predicted octanol–water partition coefficient (Wildman–Crippen LogP) is 1.97. The number of aryl methyl sites for hydroxylation is 3. The van der Waals surface area contributed by atoms with Crippen molar-refractivity contribution in [3.63, 3.8) is 0 Å². The SMILES string of the molecule is CNC(=O)c1cc(C)c(C)cc1C. The first-order valence-corrected chi connectivity index (χ1v) is 4.36. The third-order valence-electron chi connectivity index (χ3n) is 2.31. The van der Waals surface area contributed by atoms with E-state index in [4.69, 9.17) is 0 Å². The molecule has 0 heterocycles. The van der Waals surface area contributed by atoms with Gasteiger partial charge >= 0.3 is 0 Å². The van der Waals surface area contributed by atoms with Gasteiger partial charge < -0.3 is 5.32 Å². The molecule has 0 saturated heterocycles. The van der Waals surface area contributed by atoms with Crippen molar-refractivity contribution in [2.24, 2.45) is 0 Å². The first-order valence-electron chi connectivity index (χ1n) is 4.36. The molecule has 1 rings (SSSR count). The lowest BCUT2D eigenvalue weighted by molar-refractivity contribution is 0.0962. The number of rotatable bonds is 1. The van der Waals surface area contributed by atoms with E-state index in [1.165, 1.54) is 5.56 Å². The molecule has 0 bridgehead atoms. The molecule has 1 amide bonds. The second kappa shape index (κ2) is 3.60. The van der Waals surface area contributed by atoms with Crippen LogP contribution in [0.5, 0.6) is 0 Å². The largest absolute Gasteiger partial charge is 0.355 e. The number of carbonyl (C=O) groups is 1. The van der Waals surface area contributed by atoms with Gasteiger partial charge in [-0.1, -0.05) is 6.07 Å². The van der Waals surface area contributed by atoms with Crippen LogP contribution in [-0.2, 0) is 0 Å². The van der Waals surface area contributed by atoms with E-state index in [2.05, 4.69) is 12.2 Å². The normalized spacial score (nSPS) is 9.85. The Labute approximate surface area is 79.0 Å². The van der Waals surface area contributed by atoms with Gasteiger partial charge in [0, 0.05) is 12.6 Å². The maximum Gasteiger partial charge on any atom is 0.251 e. The minimum Gasteiger partial charge on any atom is -0.355 e. The van der Waals surface area contributed by atoms with Gasteiger partial charge in [-0.2, -0.15) is 0 Å². The van der Waals surface area contributed by atoms with Crippen LogP contribution in [0.3, 0.4) is 0 Å². The molecule has 0 fully saturated rings. The highest BCUT2D eigenvalue weighted by atomic mass is 16.1. The summed E-state index contributed by atoms with van der Waals surface area (Å²) in [6.07, 6.45) is 0. The first kappa shape index (κ1) is 9.78. The Kier molecular flexibility index (Phi) is 2.71. The van der Waals surface area contributed by atoms with Crippen LogP contribution in [0.15, 0.2) is 12.1 Å². The summed E-state index contributed by atoms with van der Waals surface area (Å²) in [5.41, 5.74) is 4.18. The number of benzene rings is 1. The minimum absolute atomic E-state index is 0.0133. The molecule has 0 spiro atoms. The van der Waals surface area contributed by atoms with Crippen molar-refractivity contribution in [1.29, 1.82) is 0 Å². The molecule has 0 radical (unpaired) electrons. The number of amides is 1. The number of hydrogen-bond donors (Lipinski definition) is 1. The Balaban J connectivity index is 3.23. The molecule has 0 aliphatic rings. The highest BCUT2D eigenvalue weighted by molar-refractivity contribution is 5.95. The van der Waals surface area contributed by atoms with E-state index in [0.29, 0.717) is 0 Å². The number of carbonyl (C=O) groups excluding carboxylic acids is 1. The summed E-state index contributed by atoms with van der Waals surface area (Å²) in [5.74, 6) is -0.0133. The van der Waals surface area contributed by atoms with Crippen LogP contribution in [0.1, 0.15) is 27.0 Å². The lowest BCUT2D eigenvalue weighted by Crippen LogP contribution is -2.19. The molecular weight excluding hydrogens is 162 g/mol. The molecule has 0 unspecified atom stereocenters. The van der Waals surface area contributed by atoms with Gasteiger partial charge in [0.15, 0.2) is 0 Å². The molecule has 0 aliphatic heterocycles. The van der Waals surface area contributed by atoms with Crippen LogP contribution >= 0.6 is 0 Å². The molecular formula is C11H15NO. The average molecular weight is 177 g/mol. The summed E-state index contributed by atoms with van der Waals surface area (Å²) in [6.45, 7) is 6.02. The molecule has 1 N–H and O–H groups in total. The molecule has 70 valence electrons. The quantitative estimate of drug-likeness (QED) is 0.698. The third-order valence-corrected chi connectivity index (χ3v) is 2.31. The Hall–Kier alpha value is -1.31. The van der Waals surface area contributed by atoms with E-state index in [1.807, 2.05) is 26.0 Å². The molecule has 2 heteroatoms. The standard InChI is InChI=1S/C11H15NO/c1-7-5-9(3)10(6-8(7)2)11(13)12-4/h5-6H,1-4H3,(H,12,13). The van der Waals surface area contributed by atoms with E-state index in [1.54, 1.807) is 7.05 Å². The maximum absolute atomic E-state index is 11.4. The molecule has 13 heavy (non-hydrogen) atoms. The fourth-order valence-corrected chi connectivity index (χ4v) is 1.34. The van der Waals surface area contributed by atoms with Crippen molar-refractivity contribution >= 4 is 5.91 Å². The topological polar surface area (TPSA) is 29.1 Å². The van der Waals surface area contributed by atoms with Gasteiger partial charge in [-0.3, -0.25) is 4.79 Å². The molecule has 0 aromatic heterocycles. The van der Waals surface area contributed by atoms with Crippen molar-refractivity contribution in [3.05, 3.63) is 34.4 Å². The predicted molar refractivity (Wildman–Crippen MR) is 54.0 cm³/mol. The molecule has 0 atom stereocenters. The fraction of sp³-hybridized carbons (Fsp3) is 0.364. The summed E-state index contributed by atoms with van der Waals surface area (Å²) >= 11 is 0. The molecule has 1 aromatic rings. The van der Waals surface area contributed by atoms with Gasteiger partial charge in [-0.05, 0) is 43.5 Å². The van der Waals surface area contributed by atoms with Crippen LogP contribution in [-0.4, -0.2) is 13.0 Å². The van der Waals surface area contributed by atoms with Crippen molar-refractivity contribution < 1.29 is 4.79 Å². The first-order chi connectivity index (χ1) is 6.06. The molecule has 0 saturated carbocycles. The second-order valence-corrected chi connectivity index (χ2v) is 3.33. The van der Waals surface area contributed by atoms with Crippen molar-refractivity contribution in [1.82, 2.24) is 5.32 Å². The Morgan fingerprint density at radius 2 is 1.62 bits per heavy atom. The lowest BCUT2D eigenvalue weighted by atomic mass is 10.0. The highest BCUT2D eigenvalue weighted by Gasteiger charge is 2.07. The van der Waals surface area contributed by atoms with Gasteiger partial charge in [0.1, 0.15) is 0 Å². The Morgan fingerprint density at radius 1 is 1.08 bits per heavy atom. The zero-order valence-electron chi connectivity index (χ0n) is 8.56. The van der Waals surface area contributed by atoms with Crippen LogP contribution in [0.25, 0.3) is 0 Å². The van der Waals surface area contributed by atoms with Gasteiger partial charge in [0.25, 0.3) is 5.91 Å². The fourth-order valence-electron chi connectivity index (χ4n) is 1.34. The minimum atomic E-state index is -0.0133. The van der Waals surface area contributed by atoms with Crippen LogP contribution < -0.4 is 5.32 Å². The zero-order valence-corrected chi connectivity index (χ0v) is 8.56.